The molecule has 1 aliphatic carbocycles. The van der Waals surface area contributed by atoms with Gasteiger partial charge in [-0.15, -0.1) is 0 Å². The Labute approximate surface area is 124 Å². The first-order valence-electron chi connectivity index (χ1n) is 7.53. The maximum absolute atomic E-state index is 12.1. The first kappa shape index (κ1) is 14.1. The van der Waals surface area contributed by atoms with Gasteiger partial charge in [-0.05, 0) is 37.9 Å². The summed E-state index contributed by atoms with van der Waals surface area (Å²) < 4.78 is 5.59. The maximum atomic E-state index is 12.1. The average Bonchev–Trinajstić information content (AvgIpc) is 3.27. The molecule has 21 heavy (non-hydrogen) atoms. The van der Waals surface area contributed by atoms with Gasteiger partial charge in [0.25, 0.3) is 0 Å². The Bertz CT molecular complexity index is 514. The van der Waals surface area contributed by atoms with E-state index in [2.05, 4.69) is 5.32 Å². The average molecular weight is 288 g/mol. The molecule has 2 fully saturated rings. The fraction of sp³-hybridized carbons (Fsp3) is 0.500. The van der Waals surface area contributed by atoms with Crippen molar-refractivity contribution in [3.05, 3.63) is 30.3 Å². The van der Waals surface area contributed by atoms with Crippen LogP contribution >= 0.6 is 0 Å². The van der Waals surface area contributed by atoms with Crippen LogP contribution in [-0.4, -0.2) is 41.9 Å². The molecule has 1 unspecified atom stereocenters. The van der Waals surface area contributed by atoms with Crippen LogP contribution in [0, 0.1) is 0 Å². The van der Waals surface area contributed by atoms with Crippen LogP contribution in [0.3, 0.4) is 0 Å². The lowest BCUT2D eigenvalue weighted by molar-refractivity contribution is -0.139. The number of hydrogen-bond donors (Lipinski definition) is 1. The van der Waals surface area contributed by atoms with Crippen molar-refractivity contribution in [2.75, 3.05) is 13.2 Å². The summed E-state index contributed by atoms with van der Waals surface area (Å²) in [6.07, 6.45) is 3.04. The number of hydrogen-bond acceptors (Lipinski definition) is 4. The molecule has 112 valence electrons. The second-order valence-corrected chi connectivity index (χ2v) is 5.56. The molecule has 2 amide bonds. The number of carbonyl (C=O) groups is 2. The number of benzene rings is 1. The highest BCUT2D eigenvalue weighted by molar-refractivity contribution is 6.06. The van der Waals surface area contributed by atoms with Gasteiger partial charge in [0, 0.05) is 6.04 Å². The third-order valence-corrected chi connectivity index (χ3v) is 3.82. The standard InChI is InChI=1S/C16H20N2O3/c19-15-11-14(16(20)18(15)12-7-8-12)17-9-4-10-21-13-5-2-1-3-6-13/h1-3,5-6,12,14,17H,4,7-11H2. The number of amides is 2. The molecule has 0 bridgehead atoms. The Kier molecular flexibility index (Phi) is 4.20. The van der Waals surface area contributed by atoms with Gasteiger partial charge in [0.15, 0.2) is 0 Å². The number of carbonyl (C=O) groups excluding carboxylic acids is 2. The SMILES string of the molecule is O=C1CC(NCCCOc2ccccc2)C(=O)N1C1CC1. The molecule has 1 aliphatic heterocycles. The van der Waals surface area contributed by atoms with Crippen molar-refractivity contribution < 1.29 is 14.3 Å². The summed E-state index contributed by atoms with van der Waals surface area (Å²) >= 11 is 0. The van der Waals surface area contributed by atoms with E-state index in [0.717, 1.165) is 25.0 Å². The van der Waals surface area contributed by atoms with Crippen molar-refractivity contribution in [2.24, 2.45) is 0 Å². The van der Waals surface area contributed by atoms with Gasteiger partial charge >= 0.3 is 0 Å². The van der Waals surface area contributed by atoms with Crippen molar-refractivity contribution >= 4 is 11.8 Å². The molecule has 1 N–H and O–H groups in total. The minimum atomic E-state index is -0.338. The number of likely N-dealkylation sites (tertiary alicyclic amines) is 1. The van der Waals surface area contributed by atoms with E-state index in [0.29, 0.717) is 19.6 Å². The monoisotopic (exact) mass is 288 g/mol. The molecule has 0 aromatic heterocycles. The van der Waals surface area contributed by atoms with Crippen LogP contribution < -0.4 is 10.1 Å². The molecule has 0 spiro atoms. The van der Waals surface area contributed by atoms with Gasteiger partial charge in [0.2, 0.25) is 11.8 Å². The van der Waals surface area contributed by atoms with Crippen molar-refractivity contribution in [1.82, 2.24) is 10.2 Å². The fourth-order valence-electron chi connectivity index (χ4n) is 2.58. The molecule has 1 aromatic rings. The minimum absolute atomic E-state index is 0.0273. The van der Waals surface area contributed by atoms with Gasteiger partial charge in [0.05, 0.1) is 19.1 Å². The molecular formula is C16H20N2O3. The highest BCUT2D eigenvalue weighted by atomic mass is 16.5. The van der Waals surface area contributed by atoms with E-state index in [1.165, 1.54) is 4.90 Å². The lowest BCUT2D eigenvalue weighted by Gasteiger charge is -2.14. The van der Waals surface area contributed by atoms with E-state index >= 15 is 0 Å². The van der Waals surface area contributed by atoms with Crippen molar-refractivity contribution in [3.63, 3.8) is 0 Å². The summed E-state index contributed by atoms with van der Waals surface area (Å²) in [5.41, 5.74) is 0. The van der Waals surface area contributed by atoms with Crippen LogP contribution in [-0.2, 0) is 9.59 Å². The zero-order valence-corrected chi connectivity index (χ0v) is 12.0. The van der Waals surface area contributed by atoms with E-state index in [9.17, 15) is 9.59 Å². The Balaban J connectivity index is 1.36. The summed E-state index contributed by atoms with van der Waals surface area (Å²) in [6, 6.07) is 9.49. The van der Waals surface area contributed by atoms with Gasteiger partial charge in [0.1, 0.15) is 5.75 Å². The fourth-order valence-corrected chi connectivity index (χ4v) is 2.58. The van der Waals surface area contributed by atoms with E-state index in [4.69, 9.17) is 4.74 Å². The Morgan fingerprint density at radius 1 is 1.19 bits per heavy atom. The number of rotatable bonds is 7. The van der Waals surface area contributed by atoms with Gasteiger partial charge in [-0.3, -0.25) is 14.5 Å². The molecule has 1 atom stereocenters. The van der Waals surface area contributed by atoms with Crippen LogP contribution in [0.5, 0.6) is 5.75 Å². The zero-order chi connectivity index (χ0) is 14.7. The Hall–Kier alpha value is -1.88. The third kappa shape index (κ3) is 3.42. The topological polar surface area (TPSA) is 58.6 Å². The number of ether oxygens (including phenoxy) is 1. The number of imide groups is 1. The highest BCUT2D eigenvalue weighted by Crippen LogP contribution is 2.31. The largest absolute Gasteiger partial charge is 0.494 e. The lowest BCUT2D eigenvalue weighted by Crippen LogP contribution is -2.40. The van der Waals surface area contributed by atoms with Crippen molar-refractivity contribution in [3.8, 4) is 5.75 Å². The second kappa shape index (κ2) is 6.26. The first-order chi connectivity index (χ1) is 10.3. The summed E-state index contributed by atoms with van der Waals surface area (Å²) in [6.45, 7) is 1.27. The molecule has 5 nitrogen and oxygen atoms in total. The second-order valence-electron chi connectivity index (χ2n) is 5.56. The van der Waals surface area contributed by atoms with E-state index < -0.39 is 0 Å². The van der Waals surface area contributed by atoms with Crippen LogP contribution in [0.15, 0.2) is 30.3 Å². The molecule has 3 rings (SSSR count). The Morgan fingerprint density at radius 3 is 2.67 bits per heavy atom. The van der Waals surface area contributed by atoms with E-state index in [1.807, 2.05) is 30.3 Å². The number of nitrogens with zero attached hydrogens (tertiary/aromatic N) is 1. The summed E-state index contributed by atoms with van der Waals surface area (Å²) in [5.74, 6) is 0.775. The molecule has 2 aliphatic rings. The van der Waals surface area contributed by atoms with Gasteiger partial charge in [-0.1, -0.05) is 18.2 Å². The third-order valence-electron chi connectivity index (χ3n) is 3.82. The predicted octanol–water partition coefficient (Wildman–Crippen LogP) is 1.33. The van der Waals surface area contributed by atoms with Crippen molar-refractivity contribution in [1.29, 1.82) is 0 Å². The van der Waals surface area contributed by atoms with E-state index in [1.54, 1.807) is 0 Å². The normalized spacial score (nSPS) is 21.9. The van der Waals surface area contributed by atoms with Gasteiger partial charge in [-0.25, -0.2) is 0 Å². The van der Waals surface area contributed by atoms with Crippen LogP contribution in [0.4, 0.5) is 0 Å². The molecule has 1 saturated heterocycles. The predicted molar refractivity (Wildman–Crippen MR) is 77.8 cm³/mol. The van der Waals surface area contributed by atoms with Crippen molar-refractivity contribution in [2.45, 2.75) is 37.8 Å². The van der Waals surface area contributed by atoms with Gasteiger partial charge < -0.3 is 10.1 Å². The molecule has 0 radical (unpaired) electrons. The maximum Gasteiger partial charge on any atom is 0.247 e. The lowest BCUT2D eigenvalue weighted by atomic mass is 10.2. The first-order valence-corrected chi connectivity index (χ1v) is 7.53. The molecule has 1 aromatic carbocycles. The number of nitrogens with one attached hydrogen (secondary N) is 1. The van der Waals surface area contributed by atoms with Gasteiger partial charge in [-0.2, -0.15) is 0 Å². The smallest absolute Gasteiger partial charge is 0.247 e. The van der Waals surface area contributed by atoms with Crippen LogP contribution in [0.2, 0.25) is 0 Å². The quantitative estimate of drug-likeness (QED) is 0.607. The summed E-state index contributed by atoms with van der Waals surface area (Å²) in [4.78, 5) is 25.3. The molecule has 5 heteroatoms. The summed E-state index contributed by atoms with van der Waals surface area (Å²) in [7, 11) is 0. The minimum Gasteiger partial charge on any atom is -0.494 e. The van der Waals surface area contributed by atoms with E-state index in [-0.39, 0.29) is 23.9 Å². The van der Waals surface area contributed by atoms with Crippen LogP contribution in [0.25, 0.3) is 0 Å². The number of para-hydroxylation sites is 1. The Morgan fingerprint density at radius 2 is 1.95 bits per heavy atom. The summed E-state index contributed by atoms with van der Waals surface area (Å²) in [5, 5.41) is 3.17. The highest BCUT2D eigenvalue weighted by Gasteiger charge is 2.45. The zero-order valence-electron chi connectivity index (χ0n) is 12.0. The molecule has 1 heterocycles. The molecular weight excluding hydrogens is 268 g/mol. The van der Waals surface area contributed by atoms with Crippen LogP contribution in [0.1, 0.15) is 25.7 Å². The molecule has 1 saturated carbocycles.